The molecule has 0 atom stereocenters. The van der Waals surface area contributed by atoms with Crippen LogP contribution in [0.25, 0.3) is 11.4 Å². The van der Waals surface area contributed by atoms with E-state index in [1.807, 2.05) is 36.4 Å². The highest BCUT2D eigenvalue weighted by atomic mass is 32.1. The smallest absolute Gasteiger partial charge is 0.129 e. The molecule has 1 aliphatic carbocycles. The second kappa shape index (κ2) is 8.28. The van der Waals surface area contributed by atoms with Crippen LogP contribution >= 0.6 is 12.2 Å². The summed E-state index contributed by atoms with van der Waals surface area (Å²) in [5, 5.41) is 4.88. The van der Waals surface area contributed by atoms with E-state index in [9.17, 15) is 0 Å². The molecular weight excluding hydrogens is 348 g/mol. The number of aliphatic imine (C=N–C) groups is 1. The van der Waals surface area contributed by atoms with Gasteiger partial charge in [-0.3, -0.25) is 0 Å². The van der Waals surface area contributed by atoms with E-state index in [0.29, 0.717) is 0 Å². The first kappa shape index (κ1) is 17.6. The third kappa shape index (κ3) is 4.32. The Morgan fingerprint density at radius 1 is 0.815 bits per heavy atom. The van der Waals surface area contributed by atoms with Crippen LogP contribution in [0, 0.1) is 0 Å². The standard InChI is InChI=1S/C24H21N2S/c27-21-15-7-9-18(17-21)10-8-16-22-25-23(19-11-3-1-4-12-19)24(26-22)20-13-5-2-6-14-20/h1-7,9,11-14,17H,8,10,15-16H2. The summed E-state index contributed by atoms with van der Waals surface area (Å²) in [5.41, 5.74) is 5.46. The minimum atomic E-state index is 0.866. The van der Waals surface area contributed by atoms with E-state index in [1.54, 1.807) is 0 Å². The van der Waals surface area contributed by atoms with Gasteiger partial charge in [0.05, 0.1) is 11.4 Å². The average molecular weight is 370 g/mol. The Kier molecular flexibility index (Phi) is 5.40. The fourth-order valence-corrected chi connectivity index (χ4v) is 3.59. The molecule has 0 bridgehead atoms. The van der Waals surface area contributed by atoms with Crippen molar-refractivity contribution in [3.8, 4) is 0 Å². The van der Waals surface area contributed by atoms with Crippen molar-refractivity contribution in [1.29, 1.82) is 0 Å². The molecule has 3 heteroatoms. The number of hydrogen-bond acceptors (Lipinski definition) is 2. The summed E-state index contributed by atoms with van der Waals surface area (Å²) in [4.78, 5) is 5.90. The number of allylic oxidation sites excluding steroid dienone is 4. The second-order valence-corrected chi connectivity index (χ2v) is 7.24. The maximum Gasteiger partial charge on any atom is 0.129 e. The molecule has 2 aromatic rings. The van der Waals surface area contributed by atoms with Crippen molar-refractivity contribution in [3.05, 3.63) is 95.6 Å². The molecule has 1 aliphatic heterocycles. The molecule has 0 fully saturated rings. The van der Waals surface area contributed by atoms with Gasteiger partial charge in [0.1, 0.15) is 5.84 Å². The third-order valence-corrected chi connectivity index (χ3v) is 4.95. The maximum absolute atomic E-state index is 5.30. The van der Waals surface area contributed by atoms with Crippen LogP contribution in [0.2, 0.25) is 0 Å². The summed E-state index contributed by atoms with van der Waals surface area (Å²) in [6.07, 6.45) is 10.3. The predicted octanol–water partition coefficient (Wildman–Crippen LogP) is 5.96. The molecule has 1 radical (unpaired) electrons. The van der Waals surface area contributed by atoms with Gasteiger partial charge in [0.25, 0.3) is 0 Å². The molecule has 133 valence electrons. The van der Waals surface area contributed by atoms with Crippen molar-refractivity contribution in [2.75, 3.05) is 0 Å². The van der Waals surface area contributed by atoms with Crippen molar-refractivity contribution >= 4 is 34.3 Å². The van der Waals surface area contributed by atoms with Gasteiger partial charge in [-0.15, -0.1) is 0 Å². The lowest BCUT2D eigenvalue weighted by Crippen LogP contribution is -2.10. The van der Waals surface area contributed by atoms with Gasteiger partial charge >= 0.3 is 0 Å². The maximum atomic E-state index is 5.30. The quantitative estimate of drug-likeness (QED) is 0.577. The van der Waals surface area contributed by atoms with Crippen LogP contribution in [0.15, 0.2) is 89.5 Å². The Morgan fingerprint density at radius 3 is 2.15 bits per heavy atom. The normalized spacial score (nSPS) is 16.2. The van der Waals surface area contributed by atoms with Gasteiger partial charge in [0.15, 0.2) is 0 Å². The molecule has 1 heterocycles. The van der Waals surface area contributed by atoms with Crippen LogP contribution in [0.4, 0.5) is 0 Å². The summed E-state index contributed by atoms with van der Waals surface area (Å²) in [7, 11) is 0. The van der Waals surface area contributed by atoms with E-state index in [-0.39, 0.29) is 0 Å². The lowest BCUT2D eigenvalue weighted by atomic mass is 10.0. The van der Waals surface area contributed by atoms with Crippen LogP contribution < -0.4 is 5.32 Å². The molecule has 0 unspecified atom stereocenters. The largest absolute Gasteiger partial charge is 0.231 e. The van der Waals surface area contributed by atoms with Gasteiger partial charge in [-0.2, -0.15) is 0 Å². The summed E-state index contributed by atoms with van der Waals surface area (Å²) < 4.78 is 0. The van der Waals surface area contributed by atoms with Crippen LogP contribution in [0.1, 0.15) is 36.8 Å². The molecule has 0 spiro atoms. The average Bonchev–Trinajstić information content (AvgIpc) is 3.14. The van der Waals surface area contributed by atoms with Crippen LogP contribution in [0.5, 0.6) is 0 Å². The highest BCUT2D eigenvalue weighted by Crippen LogP contribution is 2.31. The Bertz CT molecular complexity index is 950. The number of rotatable bonds is 6. The zero-order valence-corrected chi connectivity index (χ0v) is 16.0. The Labute approximate surface area is 166 Å². The molecule has 0 amide bonds. The lowest BCUT2D eigenvalue weighted by Gasteiger charge is -2.08. The number of benzene rings is 2. The highest BCUT2D eigenvalue weighted by molar-refractivity contribution is 7.80. The van der Waals surface area contributed by atoms with E-state index in [1.165, 1.54) is 5.57 Å². The summed E-state index contributed by atoms with van der Waals surface area (Å²) in [6, 6.07) is 20.6. The third-order valence-electron chi connectivity index (χ3n) is 4.66. The van der Waals surface area contributed by atoms with Crippen molar-refractivity contribution in [2.24, 2.45) is 4.99 Å². The Morgan fingerprint density at radius 2 is 1.48 bits per heavy atom. The lowest BCUT2D eigenvalue weighted by molar-refractivity contribution is 0.856. The van der Waals surface area contributed by atoms with E-state index in [4.69, 9.17) is 22.5 Å². The summed E-state index contributed by atoms with van der Waals surface area (Å²) in [5.74, 6) is 0.913. The first-order chi connectivity index (χ1) is 13.3. The zero-order valence-electron chi connectivity index (χ0n) is 15.1. The SMILES string of the molecule is S=C1C=C(CCCC2=NC(c3ccccc3)=C(c3ccccc3)[N]2)C=CC1. The van der Waals surface area contributed by atoms with E-state index < -0.39 is 0 Å². The van der Waals surface area contributed by atoms with E-state index in [0.717, 1.165) is 58.9 Å². The van der Waals surface area contributed by atoms with Crippen molar-refractivity contribution in [1.82, 2.24) is 5.32 Å². The minimum Gasteiger partial charge on any atom is -0.231 e. The number of nitrogens with zero attached hydrogens (tertiary/aromatic N) is 2. The first-order valence-corrected chi connectivity index (χ1v) is 9.75. The zero-order chi connectivity index (χ0) is 18.5. The Hall–Kier alpha value is -2.78. The van der Waals surface area contributed by atoms with Crippen molar-refractivity contribution in [2.45, 2.75) is 25.7 Å². The Balaban J connectivity index is 1.50. The number of thiocarbonyl (C=S) groups is 1. The van der Waals surface area contributed by atoms with Gasteiger partial charge in [-0.1, -0.05) is 85.0 Å². The van der Waals surface area contributed by atoms with Crippen LogP contribution in [0.3, 0.4) is 0 Å². The molecule has 0 saturated heterocycles. The highest BCUT2D eigenvalue weighted by Gasteiger charge is 2.21. The fourth-order valence-electron chi connectivity index (χ4n) is 3.34. The van der Waals surface area contributed by atoms with E-state index in [2.05, 4.69) is 42.5 Å². The predicted molar refractivity (Wildman–Crippen MR) is 118 cm³/mol. The minimum absolute atomic E-state index is 0.866. The molecule has 27 heavy (non-hydrogen) atoms. The van der Waals surface area contributed by atoms with Crippen molar-refractivity contribution < 1.29 is 0 Å². The molecule has 2 aromatic carbocycles. The molecule has 0 N–H and O–H groups in total. The van der Waals surface area contributed by atoms with Gasteiger partial charge in [-0.25, -0.2) is 10.3 Å². The van der Waals surface area contributed by atoms with Gasteiger partial charge < -0.3 is 0 Å². The van der Waals surface area contributed by atoms with Gasteiger partial charge in [0.2, 0.25) is 0 Å². The van der Waals surface area contributed by atoms with Crippen molar-refractivity contribution in [3.63, 3.8) is 0 Å². The molecular formula is C24H21N2S. The number of hydrogen-bond donors (Lipinski definition) is 0. The molecule has 0 aromatic heterocycles. The fraction of sp³-hybridized carbons (Fsp3) is 0.167. The monoisotopic (exact) mass is 369 g/mol. The topological polar surface area (TPSA) is 26.5 Å². The second-order valence-electron chi connectivity index (χ2n) is 6.71. The van der Waals surface area contributed by atoms with E-state index >= 15 is 0 Å². The summed E-state index contributed by atoms with van der Waals surface area (Å²) >= 11 is 5.30. The molecule has 4 rings (SSSR count). The van der Waals surface area contributed by atoms with Gasteiger partial charge in [0, 0.05) is 28.8 Å². The van der Waals surface area contributed by atoms with Gasteiger partial charge in [-0.05, 0) is 24.5 Å². The first-order valence-electron chi connectivity index (χ1n) is 9.34. The van der Waals surface area contributed by atoms with Crippen LogP contribution in [-0.2, 0) is 0 Å². The van der Waals surface area contributed by atoms with Crippen LogP contribution in [-0.4, -0.2) is 10.7 Å². The molecule has 2 aliphatic rings. The summed E-state index contributed by atoms with van der Waals surface area (Å²) in [6.45, 7) is 0. The number of amidine groups is 1. The molecule has 2 nitrogen and oxygen atoms in total. The molecule has 0 saturated carbocycles.